The minimum atomic E-state index is -0.445. The van der Waals surface area contributed by atoms with Crippen LogP contribution in [0.2, 0.25) is 0 Å². The monoisotopic (exact) mass is 317 g/mol. The number of benzene rings is 2. The molecular weight excluding hydrogens is 302 g/mol. The summed E-state index contributed by atoms with van der Waals surface area (Å²) in [4.78, 5) is 2.35. The zero-order valence-electron chi connectivity index (χ0n) is 10.8. The molecule has 0 aromatic heterocycles. The molecule has 2 nitrogen and oxygen atoms in total. The van der Waals surface area contributed by atoms with Gasteiger partial charge in [-0.05, 0) is 35.7 Å². The van der Waals surface area contributed by atoms with Crippen molar-refractivity contribution in [3.8, 4) is 0 Å². The summed E-state index contributed by atoms with van der Waals surface area (Å²) in [6.45, 7) is 3.69. The fourth-order valence-corrected chi connectivity index (χ4v) is 3.27. The molecule has 3 rings (SSSR count). The molecule has 1 aliphatic rings. The van der Waals surface area contributed by atoms with Gasteiger partial charge in [0.05, 0.1) is 6.10 Å². The maximum Gasteiger partial charge on any atom is 0.0772 e. The lowest BCUT2D eigenvalue weighted by Crippen LogP contribution is -2.14. The van der Waals surface area contributed by atoms with Crippen LogP contribution >= 0.6 is 15.9 Å². The highest BCUT2D eigenvalue weighted by Gasteiger charge is 2.19. The summed E-state index contributed by atoms with van der Waals surface area (Å²) in [5.41, 5.74) is 4.92. The Kier molecular flexibility index (Phi) is 3.33. The van der Waals surface area contributed by atoms with Gasteiger partial charge in [0, 0.05) is 23.2 Å². The van der Waals surface area contributed by atoms with Gasteiger partial charge < -0.3 is 10.0 Å². The predicted octanol–water partition coefficient (Wildman–Crippen LogP) is 4.02. The Labute approximate surface area is 121 Å². The van der Waals surface area contributed by atoms with E-state index in [1.54, 1.807) is 6.92 Å². The summed E-state index contributed by atoms with van der Waals surface area (Å²) >= 11 is 3.54. The number of anilines is 1. The summed E-state index contributed by atoms with van der Waals surface area (Å²) in [5.74, 6) is 0. The molecule has 2 aromatic rings. The molecular formula is C16H16BrNO. The Balaban J connectivity index is 1.88. The van der Waals surface area contributed by atoms with E-state index < -0.39 is 6.10 Å². The van der Waals surface area contributed by atoms with Crippen LogP contribution in [0.25, 0.3) is 0 Å². The highest BCUT2D eigenvalue weighted by atomic mass is 79.9. The minimum Gasteiger partial charge on any atom is -0.389 e. The summed E-state index contributed by atoms with van der Waals surface area (Å²) in [5, 5.41) is 9.66. The van der Waals surface area contributed by atoms with E-state index in [4.69, 9.17) is 0 Å². The standard InChI is InChI=1S/C16H16BrNO/c1-11(19)15-7-6-14(8-16(15)17)18-9-12-4-2-3-5-13(12)10-18/h2-8,11,19H,9-10H2,1H3/t11-/m1/s1. The van der Waals surface area contributed by atoms with Gasteiger partial charge in [-0.3, -0.25) is 0 Å². The van der Waals surface area contributed by atoms with E-state index in [-0.39, 0.29) is 0 Å². The van der Waals surface area contributed by atoms with Crippen LogP contribution in [0.15, 0.2) is 46.9 Å². The molecule has 0 fully saturated rings. The summed E-state index contributed by atoms with van der Waals surface area (Å²) < 4.78 is 0.968. The van der Waals surface area contributed by atoms with Gasteiger partial charge in [-0.25, -0.2) is 0 Å². The topological polar surface area (TPSA) is 23.5 Å². The summed E-state index contributed by atoms with van der Waals surface area (Å²) in [6.07, 6.45) is -0.445. The first kappa shape index (κ1) is 12.7. The Morgan fingerprint density at radius 1 is 1.11 bits per heavy atom. The third-order valence-electron chi connectivity index (χ3n) is 3.64. The molecule has 0 saturated heterocycles. The minimum absolute atomic E-state index is 0.445. The van der Waals surface area contributed by atoms with Crippen molar-refractivity contribution in [3.05, 3.63) is 63.6 Å². The van der Waals surface area contributed by atoms with Crippen LogP contribution in [0.3, 0.4) is 0 Å². The lowest BCUT2D eigenvalue weighted by atomic mass is 10.1. The average Bonchev–Trinajstić information content (AvgIpc) is 2.81. The first-order valence-corrected chi connectivity index (χ1v) is 7.23. The van der Waals surface area contributed by atoms with E-state index in [1.165, 1.54) is 16.8 Å². The van der Waals surface area contributed by atoms with Gasteiger partial charge in [0.2, 0.25) is 0 Å². The molecule has 1 atom stereocenters. The van der Waals surface area contributed by atoms with Crippen LogP contribution in [0.5, 0.6) is 0 Å². The lowest BCUT2D eigenvalue weighted by molar-refractivity contribution is 0.198. The first-order chi connectivity index (χ1) is 9.15. The van der Waals surface area contributed by atoms with E-state index in [2.05, 4.69) is 57.2 Å². The molecule has 0 bridgehead atoms. The van der Waals surface area contributed by atoms with Crippen LogP contribution in [0.4, 0.5) is 5.69 Å². The van der Waals surface area contributed by atoms with Gasteiger partial charge >= 0.3 is 0 Å². The van der Waals surface area contributed by atoms with Crippen molar-refractivity contribution in [2.24, 2.45) is 0 Å². The number of hydrogen-bond acceptors (Lipinski definition) is 2. The van der Waals surface area contributed by atoms with Crippen LogP contribution < -0.4 is 4.90 Å². The molecule has 19 heavy (non-hydrogen) atoms. The van der Waals surface area contributed by atoms with Crippen molar-refractivity contribution >= 4 is 21.6 Å². The third kappa shape index (κ3) is 2.40. The lowest BCUT2D eigenvalue weighted by Gasteiger charge is -2.19. The molecule has 3 heteroatoms. The van der Waals surface area contributed by atoms with Crippen LogP contribution in [-0.4, -0.2) is 5.11 Å². The molecule has 0 saturated carbocycles. The van der Waals surface area contributed by atoms with Gasteiger partial charge in [-0.2, -0.15) is 0 Å². The Hall–Kier alpha value is -1.32. The fourth-order valence-electron chi connectivity index (χ4n) is 2.57. The van der Waals surface area contributed by atoms with Crippen molar-refractivity contribution in [2.45, 2.75) is 26.1 Å². The molecule has 1 N–H and O–H groups in total. The normalized spacial score (nSPS) is 15.4. The Morgan fingerprint density at radius 3 is 2.26 bits per heavy atom. The van der Waals surface area contributed by atoms with Gasteiger partial charge in [-0.1, -0.05) is 46.3 Å². The highest BCUT2D eigenvalue weighted by Crippen LogP contribution is 2.32. The van der Waals surface area contributed by atoms with E-state index in [0.29, 0.717) is 0 Å². The largest absolute Gasteiger partial charge is 0.389 e. The van der Waals surface area contributed by atoms with Gasteiger partial charge in [0.15, 0.2) is 0 Å². The molecule has 0 unspecified atom stereocenters. The van der Waals surface area contributed by atoms with Gasteiger partial charge in [-0.15, -0.1) is 0 Å². The number of nitrogens with zero attached hydrogens (tertiary/aromatic N) is 1. The fraction of sp³-hybridized carbons (Fsp3) is 0.250. The van der Waals surface area contributed by atoms with Crippen molar-refractivity contribution in [3.63, 3.8) is 0 Å². The third-order valence-corrected chi connectivity index (χ3v) is 4.33. The zero-order valence-corrected chi connectivity index (χ0v) is 12.4. The molecule has 1 heterocycles. The van der Waals surface area contributed by atoms with Crippen molar-refractivity contribution < 1.29 is 5.11 Å². The van der Waals surface area contributed by atoms with Crippen molar-refractivity contribution in [2.75, 3.05) is 4.90 Å². The number of rotatable bonds is 2. The molecule has 0 aliphatic carbocycles. The first-order valence-electron chi connectivity index (χ1n) is 6.44. The van der Waals surface area contributed by atoms with Gasteiger partial charge in [0.1, 0.15) is 0 Å². The number of hydrogen-bond donors (Lipinski definition) is 1. The van der Waals surface area contributed by atoms with Crippen LogP contribution in [0, 0.1) is 0 Å². The Morgan fingerprint density at radius 2 is 1.74 bits per heavy atom. The van der Waals surface area contributed by atoms with E-state index in [0.717, 1.165) is 23.1 Å². The number of aliphatic hydroxyl groups is 1. The number of fused-ring (bicyclic) bond motifs is 1. The van der Waals surface area contributed by atoms with Crippen LogP contribution in [0.1, 0.15) is 29.7 Å². The quantitative estimate of drug-likeness (QED) is 0.904. The zero-order chi connectivity index (χ0) is 13.4. The van der Waals surface area contributed by atoms with E-state index >= 15 is 0 Å². The van der Waals surface area contributed by atoms with E-state index in [1.807, 2.05) is 6.07 Å². The maximum absolute atomic E-state index is 9.66. The molecule has 0 spiro atoms. The second-order valence-electron chi connectivity index (χ2n) is 5.01. The molecule has 2 aromatic carbocycles. The number of halogens is 1. The smallest absolute Gasteiger partial charge is 0.0772 e. The second-order valence-corrected chi connectivity index (χ2v) is 5.86. The number of aliphatic hydroxyl groups excluding tert-OH is 1. The predicted molar refractivity (Wildman–Crippen MR) is 81.1 cm³/mol. The molecule has 0 radical (unpaired) electrons. The Bertz CT molecular complexity index is 584. The average molecular weight is 318 g/mol. The SMILES string of the molecule is C[C@@H](O)c1ccc(N2Cc3ccccc3C2)cc1Br. The molecule has 98 valence electrons. The highest BCUT2D eigenvalue weighted by molar-refractivity contribution is 9.10. The van der Waals surface area contributed by atoms with Crippen LogP contribution in [-0.2, 0) is 13.1 Å². The van der Waals surface area contributed by atoms with Crippen molar-refractivity contribution in [1.29, 1.82) is 0 Å². The van der Waals surface area contributed by atoms with Crippen molar-refractivity contribution in [1.82, 2.24) is 0 Å². The maximum atomic E-state index is 9.66. The molecule has 0 amide bonds. The summed E-state index contributed by atoms with van der Waals surface area (Å²) in [6, 6.07) is 14.7. The second kappa shape index (κ2) is 4.99. The van der Waals surface area contributed by atoms with E-state index in [9.17, 15) is 5.11 Å². The summed E-state index contributed by atoms with van der Waals surface area (Å²) in [7, 11) is 0. The van der Waals surface area contributed by atoms with Gasteiger partial charge in [0.25, 0.3) is 0 Å². The molecule has 1 aliphatic heterocycles.